The van der Waals surface area contributed by atoms with Crippen molar-refractivity contribution >= 4 is 21.8 Å². The predicted octanol–water partition coefficient (Wildman–Crippen LogP) is 4.21. The number of nitrogens with zero attached hydrogens (tertiary/aromatic N) is 4. The third kappa shape index (κ3) is 4.28. The van der Waals surface area contributed by atoms with Crippen LogP contribution in [0.4, 0.5) is 0 Å². The first kappa shape index (κ1) is 19.9. The molecule has 150 valence electrons. The second-order valence-electron chi connectivity index (χ2n) is 7.52. The van der Waals surface area contributed by atoms with Gasteiger partial charge in [-0.2, -0.15) is 0 Å². The number of hydrogen-bond acceptors (Lipinski definition) is 3. The Hall–Kier alpha value is -2.44. The van der Waals surface area contributed by atoms with Gasteiger partial charge in [0.2, 0.25) is 0 Å². The van der Waals surface area contributed by atoms with E-state index in [9.17, 15) is 4.79 Å². The first-order valence-corrected chi connectivity index (χ1v) is 10.7. The average molecular weight is 453 g/mol. The molecule has 0 saturated carbocycles. The van der Waals surface area contributed by atoms with E-state index in [2.05, 4.69) is 49.4 Å². The van der Waals surface area contributed by atoms with E-state index >= 15 is 0 Å². The highest BCUT2D eigenvalue weighted by atomic mass is 79.9. The largest absolute Gasteiger partial charge is 0.336 e. The van der Waals surface area contributed by atoms with Gasteiger partial charge in [-0.3, -0.25) is 14.7 Å². The zero-order valence-electron chi connectivity index (χ0n) is 16.8. The zero-order valence-corrected chi connectivity index (χ0v) is 18.4. The van der Waals surface area contributed by atoms with E-state index in [0.29, 0.717) is 0 Å². The average Bonchev–Trinajstić information content (AvgIpc) is 3.03. The van der Waals surface area contributed by atoms with Crippen molar-refractivity contribution < 1.29 is 4.79 Å². The van der Waals surface area contributed by atoms with Crippen molar-refractivity contribution in [1.29, 1.82) is 0 Å². The molecule has 0 radical (unpaired) electrons. The summed E-state index contributed by atoms with van der Waals surface area (Å²) in [6.45, 7) is 8.27. The summed E-state index contributed by atoms with van der Waals surface area (Å²) in [6.07, 6.45) is 3.66. The topological polar surface area (TPSA) is 41.4 Å². The van der Waals surface area contributed by atoms with Crippen LogP contribution in [0.3, 0.4) is 0 Å². The van der Waals surface area contributed by atoms with Crippen LogP contribution in [0.2, 0.25) is 0 Å². The van der Waals surface area contributed by atoms with Crippen molar-refractivity contribution in [3.63, 3.8) is 0 Å². The fraction of sp³-hybridized carbons (Fsp3) is 0.304. The Balaban J connectivity index is 1.46. The van der Waals surface area contributed by atoms with Crippen molar-refractivity contribution in [3.05, 3.63) is 81.8 Å². The van der Waals surface area contributed by atoms with Gasteiger partial charge in [-0.1, -0.05) is 22.0 Å². The van der Waals surface area contributed by atoms with E-state index in [-0.39, 0.29) is 5.91 Å². The van der Waals surface area contributed by atoms with Crippen molar-refractivity contribution in [2.75, 3.05) is 26.2 Å². The van der Waals surface area contributed by atoms with Gasteiger partial charge in [0.1, 0.15) is 0 Å². The summed E-state index contributed by atoms with van der Waals surface area (Å²) in [6, 6.07) is 14.3. The lowest BCUT2D eigenvalue weighted by Crippen LogP contribution is -2.48. The lowest BCUT2D eigenvalue weighted by molar-refractivity contribution is 0.0628. The Morgan fingerprint density at radius 2 is 1.76 bits per heavy atom. The molecule has 29 heavy (non-hydrogen) atoms. The van der Waals surface area contributed by atoms with E-state index in [1.807, 2.05) is 54.5 Å². The number of carbonyl (C=O) groups excluding carboxylic acids is 1. The van der Waals surface area contributed by atoms with Crippen LogP contribution in [0, 0.1) is 13.8 Å². The van der Waals surface area contributed by atoms with Crippen molar-refractivity contribution in [3.8, 4) is 5.69 Å². The molecule has 4 rings (SSSR count). The fourth-order valence-electron chi connectivity index (χ4n) is 4.02. The molecule has 3 heterocycles. The minimum Gasteiger partial charge on any atom is -0.336 e. The van der Waals surface area contributed by atoms with Gasteiger partial charge in [0.15, 0.2) is 0 Å². The van der Waals surface area contributed by atoms with E-state index in [1.54, 1.807) is 0 Å². The molecule has 0 aliphatic carbocycles. The number of aryl methyl sites for hydroxylation is 1. The maximum Gasteiger partial charge on any atom is 0.255 e. The van der Waals surface area contributed by atoms with Crippen LogP contribution < -0.4 is 0 Å². The predicted molar refractivity (Wildman–Crippen MR) is 118 cm³/mol. The van der Waals surface area contributed by atoms with Gasteiger partial charge < -0.3 is 9.47 Å². The van der Waals surface area contributed by atoms with Crippen LogP contribution in [0.5, 0.6) is 0 Å². The molecule has 2 aromatic heterocycles. The molecule has 0 atom stereocenters. The Labute approximate surface area is 180 Å². The van der Waals surface area contributed by atoms with E-state index < -0.39 is 0 Å². The molecule has 0 unspecified atom stereocenters. The fourth-order valence-corrected chi connectivity index (χ4v) is 4.40. The first-order valence-electron chi connectivity index (χ1n) is 9.88. The molecule has 3 aromatic rings. The molecule has 0 bridgehead atoms. The number of carbonyl (C=O) groups is 1. The molecule has 1 fully saturated rings. The molecule has 1 saturated heterocycles. The number of benzene rings is 1. The SMILES string of the molecule is Cc1cc(C(=O)N2CCN(Cc3ccncc3)CC2)c(C)n1-c1cccc(Br)c1. The van der Waals surface area contributed by atoms with Crippen LogP contribution in [0.25, 0.3) is 5.69 Å². The summed E-state index contributed by atoms with van der Waals surface area (Å²) >= 11 is 3.54. The van der Waals surface area contributed by atoms with Crippen molar-refractivity contribution in [2.24, 2.45) is 0 Å². The van der Waals surface area contributed by atoms with Crippen LogP contribution in [0.15, 0.2) is 59.3 Å². The van der Waals surface area contributed by atoms with E-state index in [0.717, 1.165) is 59.8 Å². The Kier molecular flexibility index (Phi) is 5.83. The summed E-state index contributed by atoms with van der Waals surface area (Å²) in [5.41, 5.74) is 5.18. The second-order valence-corrected chi connectivity index (χ2v) is 8.44. The van der Waals surface area contributed by atoms with Gasteiger partial charge >= 0.3 is 0 Å². The molecule has 0 spiro atoms. The summed E-state index contributed by atoms with van der Waals surface area (Å²) in [4.78, 5) is 21.7. The standard InChI is InChI=1S/C23H25BrN4O/c1-17-14-22(18(2)28(17)21-5-3-4-20(24)15-21)23(29)27-12-10-26(11-13-27)16-19-6-8-25-9-7-19/h3-9,14-15H,10-13,16H2,1-2H3. The molecule has 5 nitrogen and oxygen atoms in total. The number of hydrogen-bond donors (Lipinski definition) is 0. The number of halogens is 1. The van der Waals surface area contributed by atoms with Gasteiger partial charge in [0.25, 0.3) is 5.91 Å². The van der Waals surface area contributed by atoms with Crippen LogP contribution >= 0.6 is 15.9 Å². The molecule has 0 N–H and O–H groups in total. The van der Waals surface area contributed by atoms with Gasteiger partial charge in [-0.15, -0.1) is 0 Å². The maximum atomic E-state index is 13.2. The number of amides is 1. The molecule has 1 aliphatic heterocycles. The third-order valence-electron chi connectivity index (χ3n) is 5.54. The smallest absolute Gasteiger partial charge is 0.255 e. The van der Waals surface area contributed by atoms with Crippen LogP contribution in [-0.4, -0.2) is 51.4 Å². The molecule has 1 aliphatic rings. The summed E-state index contributed by atoms with van der Waals surface area (Å²) < 4.78 is 3.18. The first-order chi connectivity index (χ1) is 14.0. The number of rotatable bonds is 4. The van der Waals surface area contributed by atoms with Crippen molar-refractivity contribution in [1.82, 2.24) is 19.4 Å². The van der Waals surface area contributed by atoms with Crippen LogP contribution in [-0.2, 0) is 6.54 Å². The zero-order chi connectivity index (χ0) is 20.4. The van der Waals surface area contributed by atoms with E-state index in [4.69, 9.17) is 0 Å². The molecular formula is C23H25BrN4O. The van der Waals surface area contributed by atoms with E-state index in [1.165, 1.54) is 5.56 Å². The highest BCUT2D eigenvalue weighted by molar-refractivity contribution is 9.10. The monoisotopic (exact) mass is 452 g/mol. The minimum atomic E-state index is 0.128. The van der Waals surface area contributed by atoms with Gasteiger partial charge in [-0.05, 0) is 55.8 Å². The number of piperazine rings is 1. The molecule has 1 aromatic carbocycles. The third-order valence-corrected chi connectivity index (χ3v) is 6.04. The highest BCUT2D eigenvalue weighted by Crippen LogP contribution is 2.24. The van der Waals surface area contributed by atoms with Crippen molar-refractivity contribution in [2.45, 2.75) is 20.4 Å². The maximum absolute atomic E-state index is 13.2. The molecule has 1 amide bonds. The van der Waals surface area contributed by atoms with Gasteiger partial charge in [0.05, 0.1) is 5.56 Å². The van der Waals surface area contributed by atoms with Crippen LogP contribution in [0.1, 0.15) is 27.3 Å². The lowest BCUT2D eigenvalue weighted by Gasteiger charge is -2.34. The normalized spacial score (nSPS) is 14.9. The highest BCUT2D eigenvalue weighted by Gasteiger charge is 2.25. The number of aromatic nitrogens is 2. The Morgan fingerprint density at radius 3 is 2.45 bits per heavy atom. The number of pyridine rings is 1. The summed E-state index contributed by atoms with van der Waals surface area (Å²) in [7, 11) is 0. The summed E-state index contributed by atoms with van der Waals surface area (Å²) in [5.74, 6) is 0.128. The van der Waals surface area contributed by atoms with Gasteiger partial charge in [-0.25, -0.2) is 0 Å². The molecule has 6 heteroatoms. The second kappa shape index (κ2) is 8.51. The summed E-state index contributed by atoms with van der Waals surface area (Å²) in [5, 5.41) is 0. The quantitative estimate of drug-likeness (QED) is 0.595. The Morgan fingerprint density at radius 1 is 1.03 bits per heavy atom. The molecular weight excluding hydrogens is 428 g/mol. The van der Waals surface area contributed by atoms with Gasteiger partial charge in [0, 0.05) is 66.7 Å². The minimum absolute atomic E-state index is 0.128. The Bertz CT molecular complexity index is 1010. The lowest BCUT2D eigenvalue weighted by atomic mass is 10.2.